The van der Waals surface area contributed by atoms with Gasteiger partial charge in [0.1, 0.15) is 11.7 Å². The Hall–Kier alpha value is -1.20. The molecule has 0 fully saturated rings. The first-order chi connectivity index (χ1) is 7.79. The molecule has 1 aromatic heterocycles. The van der Waals surface area contributed by atoms with E-state index in [-0.39, 0.29) is 12.4 Å². The van der Waals surface area contributed by atoms with Crippen molar-refractivity contribution in [3.05, 3.63) is 30.1 Å². The number of nitrogens with two attached hydrogens (primary N) is 1. The number of nitrogens with zero attached hydrogens (tertiary/aromatic N) is 2. The number of aromatic nitrogens is 2. The molecule has 0 aliphatic heterocycles. The first-order valence-electron chi connectivity index (χ1n) is 5.13. The van der Waals surface area contributed by atoms with Gasteiger partial charge >= 0.3 is 0 Å². The number of H-pyrrole nitrogens is 1. The van der Waals surface area contributed by atoms with Gasteiger partial charge in [0.25, 0.3) is 0 Å². The summed E-state index contributed by atoms with van der Waals surface area (Å²) in [7, 11) is 0. The maximum absolute atomic E-state index is 5.56. The minimum Gasteiger partial charge on any atom is -0.387 e. The first-order valence-corrected chi connectivity index (χ1v) is 5.76. The van der Waals surface area contributed by atoms with Crippen LogP contribution >= 0.6 is 25.0 Å². The number of rotatable bonds is 4. The number of aliphatic imine (C=N–C) groups is 1. The molecule has 1 aromatic carbocycles. The van der Waals surface area contributed by atoms with Gasteiger partial charge in [0.15, 0.2) is 0 Å². The van der Waals surface area contributed by atoms with Crippen molar-refractivity contribution in [2.75, 3.05) is 12.3 Å². The van der Waals surface area contributed by atoms with Gasteiger partial charge in [-0.2, -0.15) is 12.6 Å². The number of imidazole rings is 1. The second-order valence-corrected chi connectivity index (χ2v) is 3.80. The monoisotopic (exact) mass is 270 g/mol. The lowest BCUT2D eigenvalue weighted by Gasteiger charge is -1.94. The van der Waals surface area contributed by atoms with Gasteiger partial charge in [-0.3, -0.25) is 4.99 Å². The van der Waals surface area contributed by atoms with Gasteiger partial charge in [0.2, 0.25) is 0 Å². The van der Waals surface area contributed by atoms with Gasteiger partial charge in [-0.25, -0.2) is 4.98 Å². The van der Waals surface area contributed by atoms with E-state index in [1.807, 2.05) is 24.3 Å². The maximum atomic E-state index is 5.56. The number of thiol groups is 1. The molecular formula is C11H15ClN4S. The van der Waals surface area contributed by atoms with Gasteiger partial charge < -0.3 is 10.7 Å². The van der Waals surface area contributed by atoms with Gasteiger partial charge in [-0.15, -0.1) is 12.4 Å². The fraction of sp³-hybridized carbons (Fsp3) is 0.273. The molecule has 0 aliphatic carbocycles. The van der Waals surface area contributed by atoms with E-state index in [9.17, 15) is 0 Å². The molecule has 0 atom stereocenters. The number of benzene rings is 1. The van der Waals surface area contributed by atoms with Crippen LogP contribution in [-0.4, -0.2) is 28.1 Å². The van der Waals surface area contributed by atoms with E-state index >= 15 is 0 Å². The van der Waals surface area contributed by atoms with Crippen LogP contribution in [0.25, 0.3) is 11.0 Å². The fourth-order valence-electron chi connectivity index (χ4n) is 1.48. The van der Waals surface area contributed by atoms with E-state index in [1.165, 1.54) is 0 Å². The Morgan fingerprint density at radius 2 is 2.18 bits per heavy atom. The molecule has 92 valence electrons. The molecule has 3 N–H and O–H groups in total. The third-order valence-electron chi connectivity index (χ3n) is 2.26. The van der Waals surface area contributed by atoms with Crippen LogP contribution in [0.2, 0.25) is 0 Å². The molecule has 2 aromatic rings. The Bertz CT molecular complexity index is 476. The Morgan fingerprint density at radius 3 is 2.88 bits per heavy atom. The van der Waals surface area contributed by atoms with Crippen molar-refractivity contribution < 1.29 is 0 Å². The lowest BCUT2D eigenvalue weighted by atomic mass is 10.3. The highest BCUT2D eigenvalue weighted by Gasteiger charge is 2.00. The molecule has 1 heterocycles. The highest BCUT2D eigenvalue weighted by atomic mass is 35.5. The molecule has 17 heavy (non-hydrogen) atoms. The van der Waals surface area contributed by atoms with Crippen LogP contribution < -0.4 is 5.73 Å². The van der Waals surface area contributed by atoms with Gasteiger partial charge in [-0.05, 0) is 12.1 Å². The maximum Gasteiger partial charge on any atom is 0.109 e. The molecule has 6 heteroatoms. The van der Waals surface area contributed by atoms with Crippen LogP contribution in [0.15, 0.2) is 29.3 Å². The lowest BCUT2D eigenvalue weighted by molar-refractivity contribution is 0.898. The molecule has 0 spiro atoms. The van der Waals surface area contributed by atoms with E-state index in [2.05, 4.69) is 27.6 Å². The van der Waals surface area contributed by atoms with Crippen molar-refractivity contribution in [3.8, 4) is 0 Å². The number of nitrogens with one attached hydrogen (secondary N) is 1. The summed E-state index contributed by atoms with van der Waals surface area (Å²) in [6.07, 6.45) is 0.767. The number of fused-ring (bicyclic) bond motifs is 1. The SMILES string of the molecule is Cl.NC(CS)=NCCc1nc2ccccc2[nH]1. The Labute approximate surface area is 112 Å². The number of hydrogen-bond donors (Lipinski definition) is 3. The van der Waals surface area contributed by atoms with E-state index in [1.54, 1.807) is 0 Å². The predicted octanol–water partition coefficient (Wildman–Crippen LogP) is 1.81. The summed E-state index contributed by atoms with van der Waals surface area (Å²) in [5.74, 6) is 2.01. The molecule has 0 unspecified atom stereocenters. The zero-order valence-electron chi connectivity index (χ0n) is 9.26. The number of hydrogen-bond acceptors (Lipinski definition) is 3. The van der Waals surface area contributed by atoms with Crippen molar-refractivity contribution in [1.29, 1.82) is 0 Å². The van der Waals surface area contributed by atoms with E-state index in [0.717, 1.165) is 23.3 Å². The standard InChI is InChI=1S/C11H14N4S.ClH/c12-10(7-16)13-6-5-11-14-8-3-1-2-4-9(8)15-11;/h1-4,16H,5-7H2,(H2,12,13)(H,14,15);1H. The van der Waals surface area contributed by atoms with Gasteiger partial charge in [-0.1, -0.05) is 12.1 Å². The predicted molar refractivity (Wildman–Crippen MR) is 77.4 cm³/mol. The minimum atomic E-state index is 0. The fourth-order valence-corrected chi connectivity index (χ4v) is 1.58. The number of halogens is 1. The van der Waals surface area contributed by atoms with Crippen molar-refractivity contribution in [2.24, 2.45) is 10.7 Å². The summed E-state index contributed by atoms with van der Waals surface area (Å²) < 4.78 is 0. The largest absolute Gasteiger partial charge is 0.387 e. The zero-order valence-corrected chi connectivity index (χ0v) is 11.0. The quantitative estimate of drug-likeness (QED) is 0.451. The smallest absolute Gasteiger partial charge is 0.109 e. The van der Waals surface area contributed by atoms with Gasteiger partial charge in [0.05, 0.1) is 11.0 Å². The average Bonchev–Trinajstić information content (AvgIpc) is 2.71. The average molecular weight is 271 g/mol. The summed E-state index contributed by atoms with van der Waals surface area (Å²) in [4.78, 5) is 11.9. The molecule has 0 bridgehead atoms. The lowest BCUT2D eigenvalue weighted by Crippen LogP contribution is -2.14. The highest BCUT2D eigenvalue weighted by molar-refractivity contribution is 7.81. The summed E-state index contributed by atoms with van der Waals surface area (Å²) in [6.45, 7) is 0.645. The summed E-state index contributed by atoms with van der Waals surface area (Å²) in [6, 6.07) is 7.96. The molecule has 0 amide bonds. The molecular weight excluding hydrogens is 256 g/mol. The zero-order chi connectivity index (χ0) is 11.4. The highest BCUT2D eigenvalue weighted by Crippen LogP contribution is 2.10. The van der Waals surface area contributed by atoms with Crippen LogP contribution in [0.5, 0.6) is 0 Å². The Kier molecular flexibility index (Phi) is 5.31. The third-order valence-corrected chi connectivity index (χ3v) is 2.59. The molecule has 0 aliphatic rings. The number of amidine groups is 1. The van der Waals surface area contributed by atoms with E-state index in [0.29, 0.717) is 18.1 Å². The van der Waals surface area contributed by atoms with Crippen LogP contribution in [-0.2, 0) is 6.42 Å². The number of para-hydroxylation sites is 2. The van der Waals surface area contributed by atoms with Crippen LogP contribution in [0.4, 0.5) is 0 Å². The Morgan fingerprint density at radius 1 is 1.41 bits per heavy atom. The molecule has 2 rings (SSSR count). The van der Waals surface area contributed by atoms with Crippen molar-refractivity contribution in [3.63, 3.8) is 0 Å². The second-order valence-electron chi connectivity index (χ2n) is 3.48. The third kappa shape index (κ3) is 3.64. The van der Waals surface area contributed by atoms with Crippen LogP contribution in [0.1, 0.15) is 5.82 Å². The Balaban J connectivity index is 0.00000144. The summed E-state index contributed by atoms with van der Waals surface area (Å²) in [5.41, 5.74) is 7.60. The van der Waals surface area contributed by atoms with E-state index < -0.39 is 0 Å². The van der Waals surface area contributed by atoms with Crippen molar-refractivity contribution in [1.82, 2.24) is 9.97 Å². The van der Waals surface area contributed by atoms with Crippen molar-refractivity contribution >= 4 is 41.9 Å². The second kappa shape index (κ2) is 6.51. The summed E-state index contributed by atoms with van der Waals surface area (Å²) >= 11 is 4.04. The summed E-state index contributed by atoms with van der Waals surface area (Å²) in [5, 5.41) is 0. The van der Waals surface area contributed by atoms with Gasteiger partial charge in [0, 0.05) is 18.7 Å². The number of aromatic amines is 1. The molecule has 0 radical (unpaired) electrons. The van der Waals surface area contributed by atoms with Crippen molar-refractivity contribution in [2.45, 2.75) is 6.42 Å². The topological polar surface area (TPSA) is 67.1 Å². The minimum absolute atomic E-state index is 0. The van der Waals surface area contributed by atoms with Crippen LogP contribution in [0.3, 0.4) is 0 Å². The first kappa shape index (κ1) is 13.9. The van der Waals surface area contributed by atoms with Crippen LogP contribution in [0, 0.1) is 0 Å². The molecule has 4 nitrogen and oxygen atoms in total. The normalized spacial score (nSPS) is 11.5. The molecule has 0 saturated heterocycles. The van der Waals surface area contributed by atoms with E-state index in [4.69, 9.17) is 5.73 Å². The molecule has 0 saturated carbocycles.